The van der Waals surface area contributed by atoms with Crippen LogP contribution >= 0.6 is 27.5 Å². The van der Waals surface area contributed by atoms with Crippen molar-refractivity contribution in [3.63, 3.8) is 0 Å². The molecule has 2 aromatic rings. The van der Waals surface area contributed by atoms with Crippen molar-refractivity contribution in [3.05, 3.63) is 45.8 Å². The molecule has 18 heavy (non-hydrogen) atoms. The van der Waals surface area contributed by atoms with E-state index in [0.717, 1.165) is 0 Å². The first-order chi connectivity index (χ1) is 8.58. The van der Waals surface area contributed by atoms with Gasteiger partial charge in [-0.05, 0) is 18.2 Å². The van der Waals surface area contributed by atoms with Crippen molar-refractivity contribution < 1.29 is 9.90 Å². The summed E-state index contributed by atoms with van der Waals surface area (Å²) >= 11 is 8.95. The van der Waals surface area contributed by atoms with Crippen molar-refractivity contribution in [2.75, 3.05) is 5.32 Å². The third-order valence-corrected chi connectivity index (χ3v) is 2.86. The third-order valence-electron chi connectivity index (χ3n) is 2.09. The number of carbonyl (C=O) groups excluding carboxylic acids is 1. The Hall–Kier alpha value is -1.66. The van der Waals surface area contributed by atoms with Crippen LogP contribution in [0.2, 0.25) is 5.15 Å². The Labute approximate surface area is 116 Å². The van der Waals surface area contributed by atoms with E-state index in [-0.39, 0.29) is 22.3 Å². The molecular weight excluding hydrogens is 321 g/mol. The quantitative estimate of drug-likeness (QED) is 0.889. The van der Waals surface area contributed by atoms with Gasteiger partial charge in [-0.15, -0.1) is 0 Å². The van der Waals surface area contributed by atoms with Crippen LogP contribution in [0.3, 0.4) is 0 Å². The lowest BCUT2D eigenvalue weighted by atomic mass is 10.2. The maximum atomic E-state index is 11.9. The predicted molar refractivity (Wildman–Crippen MR) is 70.8 cm³/mol. The van der Waals surface area contributed by atoms with Crippen molar-refractivity contribution in [1.29, 1.82) is 0 Å². The first kappa shape index (κ1) is 12.8. The third kappa shape index (κ3) is 2.77. The highest BCUT2D eigenvalue weighted by atomic mass is 79.9. The van der Waals surface area contributed by atoms with Crippen molar-refractivity contribution in [3.8, 4) is 5.75 Å². The van der Waals surface area contributed by atoms with Crippen molar-refractivity contribution >= 4 is 39.3 Å². The number of rotatable bonds is 2. The van der Waals surface area contributed by atoms with E-state index in [2.05, 4.69) is 31.2 Å². The average molecular weight is 329 g/mol. The Morgan fingerprint density at radius 1 is 1.33 bits per heavy atom. The Morgan fingerprint density at radius 3 is 2.72 bits per heavy atom. The fraction of sp³-hybridized carbons (Fsp3) is 0. The number of phenols is 1. The molecule has 5 nitrogen and oxygen atoms in total. The second-order valence-corrected chi connectivity index (χ2v) is 4.59. The summed E-state index contributed by atoms with van der Waals surface area (Å²) in [5, 5.41) is 12.2. The molecule has 0 saturated carbocycles. The minimum atomic E-state index is -0.512. The summed E-state index contributed by atoms with van der Waals surface area (Å²) < 4.78 is 0.675. The van der Waals surface area contributed by atoms with Crippen LogP contribution in [0.1, 0.15) is 10.4 Å². The molecule has 1 heterocycles. The van der Waals surface area contributed by atoms with Crippen LogP contribution in [-0.4, -0.2) is 21.0 Å². The van der Waals surface area contributed by atoms with Gasteiger partial charge in [0.15, 0.2) is 11.0 Å². The summed E-state index contributed by atoms with van der Waals surface area (Å²) in [6.45, 7) is 0. The van der Waals surface area contributed by atoms with Crippen LogP contribution in [0.25, 0.3) is 0 Å². The molecule has 0 aliphatic heterocycles. The normalized spacial score (nSPS) is 10.1. The smallest absolute Gasteiger partial charge is 0.260 e. The largest absolute Gasteiger partial charge is 0.507 e. The van der Waals surface area contributed by atoms with Crippen LogP contribution in [0.15, 0.2) is 35.1 Å². The Kier molecular flexibility index (Phi) is 3.78. The Morgan fingerprint density at radius 2 is 2.06 bits per heavy atom. The minimum Gasteiger partial charge on any atom is -0.507 e. The number of phenolic OH excluding ortho intramolecular Hbond substituents is 1. The lowest BCUT2D eigenvalue weighted by Crippen LogP contribution is -2.13. The van der Waals surface area contributed by atoms with E-state index in [9.17, 15) is 9.90 Å². The molecule has 2 N–H and O–H groups in total. The molecule has 0 unspecified atom stereocenters. The molecule has 2 rings (SSSR count). The van der Waals surface area contributed by atoms with E-state index in [0.29, 0.717) is 4.47 Å². The molecule has 1 aromatic heterocycles. The van der Waals surface area contributed by atoms with Crippen LogP contribution in [0, 0.1) is 0 Å². The molecule has 0 fully saturated rings. The van der Waals surface area contributed by atoms with Gasteiger partial charge in [0.1, 0.15) is 5.75 Å². The maximum absolute atomic E-state index is 11.9. The molecule has 0 atom stereocenters. The first-order valence-corrected chi connectivity index (χ1v) is 6.01. The SMILES string of the molecule is O=C(Nc1nccnc1Cl)c1ccc(Br)cc1O. The van der Waals surface area contributed by atoms with E-state index in [4.69, 9.17) is 11.6 Å². The fourth-order valence-electron chi connectivity index (χ4n) is 1.28. The van der Waals surface area contributed by atoms with Gasteiger partial charge in [0.25, 0.3) is 5.91 Å². The van der Waals surface area contributed by atoms with Crippen LogP contribution in [0.5, 0.6) is 5.75 Å². The number of nitrogens with one attached hydrogen (secondary N) is 1. The molecule has 0 bridgehead atoms. The molecule has 1 amide bonds. The number of aromatic nitrogens is 2. The van der Waals surface area contributed by atoms with Crippen molar-refractivity contribution in [1.82, 2.24) is 9.97 Å². The van der Waals surface area contributed by atoms with Crippen molar-refractivity contribution in [2.24, 2.45) is 0 Å². The van der Waals surface area contributed by atoms with Crippen LogP contribution in [-0.2, 0) is 0 Å². The summed E-state index contributed by atoms with van der Waals surface area (Å²) in [7, 11) is 0. The van der Waals surface area contributed by atoms with Gasteiger partial charge >= 0.3 is 0 Å². The summed E-state index contributed by atoms with van der Waals surface area (Å²) in [5.41, 5.74) is 0.125. The second kappa shape index (κ2) is 5.32. The molecule has 0 saturated heterocycles. The van der Waals surface area contributed by atoms with Gasteiger partial charge in [0.05, 0.1) is 5.56 Å². The number of carbonyl (C=O) groups is 1. The van der Waals surface area contributed by atoms with E-state index in [1.807, 2.05) is 0 Å². The molecule has 0 spiro atoms. The zero-order chi connectivity index (χ0) is 13.1. The Bertz CT molecular complexity index is 607. The summed E-state index contributed by atoms with van der Waals surface area (Å²) in [6, 6.07) is 4.55. The van der Waals surface area contributed by atoms with Gasteiger partial charge in [-0.3, -0.25) is 4.79 Å². The van der Waals surface area contributed by atoms with Gasteiger partial charge < -0.3 is 10.4 Å². The molecule has 0 aliphatic rings. The Balaban J connectivity index is 2.25. The van der Waals surface area contributed by atoms with Crippen molar-refractivity contribution in [2.45, 2.75) is 0 Å². The number of aromatic hydroxyl groups is 1. The van der Waals surface area contributed by atoms with Crippen LogP contribution in [0.4, 0.5) is 5.82 Å². The van der Waals surface area contributed by atoms with E-state index in [1.165, 1.54) is 24.5 Å². The van der Waals surface area contributed by atoms with E-state index in [1.54, 1.807) is 6.07 Å². The minimum absolute atomic E-state index is 0.0856. The lowest BCUT2D eigenvalue weighted by Gasteiger charge is -2.06. The standard InChI is InChI=1S/C11H7BrClN3O2/c12-6-1-2-7(8(17)5-6)11(18)16-10-9(13)14-3-4-15-10/h1-5,17H,(H,15,16,18). The lowest BCUT2D eigenvalue weighted by molar-refractivity contribution is 0.102. The van der Waals surface area contributed by atoms with Gasteiger partial charge in [-0.2, -0.15) is 0 Å². The zero-order valence-corrected chi connectivity index (χ0v) is 11.2. The monoisotopic (exact) mass is 327 g/mol. The van der Waals surface area contributed by atoms with Gasteiger partial charge in [-0.1, -0.05) is 27.5 Å². The fourth-order valence-corrected chi connectivity index (χ4v) is 1.78. The number of amides is 1. The maximum Gasteiger partial charge on any atom is 0.260 e. The number of nitrogens with zero attached hydrogens (tertiary/aromatic N) is 2. The zero-order valence-electron chi connectivity index (χ0n) is 8.89. The predicted octanol–water partition coefficient (Wildman–Crippen LogP) is 2.85. The van der Waals surface area contributed by atoms with Gasteiger partial charge in [-0.25, -0.2) is 9.97 Å². The summed E-state index contributed by atoms with van der Waals surface area (Å²) in [5.74, 6) is -0.504. The van der Waals surface area contributed by atoms with Gasteiger partial charge in [0, 0.05) is 16.9 Å². The second-order valence-electron chi connectivity index (χ2n) is 3.31. The molecule has 92 valence electrons. The molecule has 1 aromatic carbocycles. The van der Waals surface area contributed by atoms with Gasteiger partial charge in [0.2, 0.25) is 0 Å². The molecule has 0 aliphatic carbocycles. The number of anilines is 1. The highest BCUT2D eigenvalue weighted by Gasteiger charge is 2.13. The van der Waals surface area contributed by atoms with E-state index < -0.39 is 5.91 Å². The number of hydrogen-bond acceptors (Lipinski definition) is 4. The number of benzene rings is 1. The molecule has 7 heteroatoms. The highest BCUT2D eigenvalue weighted by molar-refractivity contribution is 9.10. The molecular formula is C11H7BrClN3O2. The number of hydrogen-bond donors (Lipinski definition) is 2. The summed E-state index contributed by atoms with van der Waals surface area (Å²) in [4.78, 5) is 19.5. The highest BCUT2D eigenvalue weighted by Crippen LogP contribution is 2.23. The topological polar surface area (TPSA) is 75.1 Å². The molecule has 0 radical (unpaired) electrons. The van der Waals surface area contributed by atoms with E-state index >= 15 is 0 Å². The first-order valence-electron chi connectivity index (χ1n) is 4.84. The summed E-state index contributed by atoms with van der Waals surface area (Å²) in [6.07, 6.45) is 2.82. The number of halogens is 2. The van der Waals surface area contributed by atoms with Crippen LogP contribution < -0.4 is 5.32 Å². The average Bonchev–Trinajstić information content (AvgIpc) is 2.32.